The van der Waals surface area contributed by atoms with Crippen molar-refractivity contribution in [3.05, 3.63) is 22.8 Å². The molecule has 2 rings (SSSR count). The number of nitrogens with one attached hydrogen (secondary N) is 1. The van der Waals surface area contributed by atoms with Crippen molar-refractivity contribution < 1.29 is 14.3 Å². The first kappa shape index (κ1) is 20.1. The number of ether oxygens (including phenoxy) is 1. The van der Waals surface area contributed by atoms with Crippen molar-refractivity contribution in [3.63, 3.8) is 0 Å². The molecule has 0 fully saturated rings. The molecule has 10 heteroatoms. The molecule has 2 aromatic rings. The molecule has 2 aromatic heterocycles. The number of amides is 1. The van der Waals surface area contributed by atoms with Crippen molar-refractivity contribution in [1.29, 1.82) is 0 Å². The largest absolute Gasteiger partial charge is 0.462 e. The molecule has 0 aliphatic heterocycles. The molecule has 0 bridgehead atoms. The van der Waals surface area contributed by atoms with Crippen LogP contribution in [0.5, 0.6) is 0 Å². The smallest absolute Gasteiger partial charge is 0.343 e. The van der Waals surface area contributed by atoms with Gasteiger partial charge in [0.25, 0.3) is 0 Å². The minimum Gasteiger partial charge on any atom is -0.462 e. The summed E-state index contributed by atoms with van der Waals surface area (Å²) in [5.41, 5.74) is 6.72. The van der Waals surface area contributed by atoms with Crippen LogP contribution in [0.25, 0.3) is 0 Å². The average molecular weight is 396 g/mol. The van der Waals surface area contributed by atoms with Crippen LogP contribution in [0.1, 0.15) is 43.7 Å². The molecule has 0 aliphatic rings. The standard InChI is InChI=1S/C16H21N5O3S2/c1-5-24-13(23)9-6-18-14(21-12(9)17)26-8-11(22)20-15-19-10(7-25-15)16(2,3)4/h6-7H,5,8H2,1-4H3,(H2,17,18,21)(H,19,20,22). The van der Waals surface area contributed by atoms with Crippen LogP contribution >= 0.6 is 23.1 Å². The molecular formula is C16H21N5O3S2. The molecule has 2 heterocycles. The van der Waals surface area contributed by atoms with Gasteiger partial charge in [-0.2, -0.15) is 0 Å². The van der Waals surface area contributed by atoms with E-state index in [1.165, 1.54) is 17.5 Å². The quantitative estimate of drug-likeness (QED) is 0.435. The maximum atomic E-state index is 12.1. The molecule has 0 unspecified atom stereocenters. The Morgan fingerprint density at radius 2 is 2.08 bits per heavy atom. The second kappa shape index (κ2) is 8.45. The van der Waals surface area contributed by atoms with E-state index in [-0.39, 0.29) is 35.1 Å². The molecule has 3 N–H and O–H groups in total. The molecular weight excluding hydrogens is 374 g/mol. The molecule has 0 aromatic carbocycles. The van der Waals surface area contributed by atoms with Crippen molar-refractivity contribution in [3.8, 4) is 0 Å². The van der Waals surface area contributed by atoms with Gasteiger partial charge in [-0.05, 0) is 6.92 Å². The Balaban J connectivity index is 1.92. The first-order valence-corrected chi connectivity index (χ1v) is 9.75. The second-order valence-electron chi connectivity index (χ2n) is 6.30. The van der Waals surface area contributed by atoms with Crippen LogP contribution in [-0.4, -0.2) is 39.2 Å². The number of thiazole rings is 1. The Bertz CT molecular complexity index is 801. The van der Waals surface area contributed by atoms with E-state index in [9.17, 15) is 9.59 Å². The highest BCUT2D eigenvalue weighted by atomic mass is 32.2. The van der Waals surface area contributed by atoms with Crippen LogP contribution in [-0.2, 0) is 14.9 Å². The molecule has 1 amide bonds. The lowest BCUT2D eigenvalue weighted by atomic mass is 9.93. The highest BCUT2D eigenvalue weighted by Crippen LogP contribution is 2.26. The van der Waals surface area contributed by atoms with Gasteiger partial charge in [0, 0.05) is 17.0 Å². The Morgan fingerprint density at radius 3 is 2.65 bits per heavy atom. The number of esters is 1. The zero-order chi connectivity index (χ0) is 19.3. The summed E-state index contributed by atoms with van der Waals surface area (Å²) in [4.78, 5) is 36.2. The summed E-state index contributed by atoms with van der Waals surface area (Å²) in [6.07, 6.45) is 1.30. The molecule has 26 heavy (non-hydrogen) atoms. The number of hydrogen-bond acceptors (Lipinski definition) is 9. The van der Waals surface area contributed by atoms with Gasteiger partial charge in [0.2, 0.25) is 5.91 Å². The van der Waals surface area contributed by atoms with E-state index in [1.807, 2.05) is 5.38 Å². The van der Waals surface area contributed by atoms with E-state index in [0.29, 0.717) is 10.3 Å². The zero-order valence-corrected chi connectivity index (χ0v) is 16.7. The number of carbonyl (C=O) groups is 2. The van der Waals surface area contributed by atoms with Gasteiger partial charge in [-0.1, -0.05) is 32.5 Å². The normalized spacial score (nSPS) is 11.2. The van der Waals surface area contributed by atoms with Crippen LogP contribution < -0.4 is 11.1 Å². The van der Waals surface area contributed by atoms with E-state index in [2.05, 4.69) is 41.0 Å². The number of carbonyl (C=O) groups excluding carboxylic acids is 2. The van der Waals surface area contributed by atoms with Gasteiger partial charge in [0.1, 0.15) is 11.4 Å². The fourth-order valence-corrected chi connectivity index (χ4v) is 3.35. The number of rotatable bonds is 6. The highest BCUT2D eigenvalue weighted by molar-refractivity contribution is 7.99. The highest BCUT2D eigenvalue weighted by Gasteiger charge is 2.18. The predicted octanol–water partition coefficient (Wildman–Crippen LogP) is 2.72. The van der Waals surface area contributed by atoms with Gasteiger partial charge in [-0.3, -0.25) is 4.79 Å². The average Bonchev–Trinajstić information content (AvgIpc) is 3.02. The lowest BCUT2D eigenvalue weighted by molar-refractivity contribution is -0.113. The first-order chi connectivity index (χ1) is 12.2. The third-order valence-electron chi connectivity index (χ3n) is 3.14. The van der Waals surface area contributed by atoms with Crippen molar-refractivity contribution in [2.75, 3.05) is 23.4 Å². The van der Waals surface area contributed by atoms with Gasteiger partial charge in [0.15, 0.2) is 10.3 Å². The minimum atomic E-state index is -0.572. The Kier molecular flexibility index (Phi) is 6.54. The molecule has 0 atom stereocenters. The van der Waals surface area contributed by atoms with E-state index < -0.39 is 5.97 Å². The number of nitrogens with zero attached hydrogens (tertiary/aromatic N) is 3. The Hall–Kier alpha value is -2.20. The van der Waals surface area contributed by atoms with Gasteiger partial charge < -0.3 is 15.8 Å². The Labute approximate surface area is 160 Å². The summed E-state index contributed by atoms with van der Waals surface area (Å²) in [7, 11) is 0. The monoisotopic (exact) mass is 395 g/mol. The molecule has 0 saturated carbocycles. The second-order valence-corrected chi connectivity index (χ2v) is 8.10. The fourth-order valence-electron chi connectivity index (χ4n) is 1.77. The van der Waals surface area contributed by atoms with E-state index >= 15 is 0 Å². The van der Waals surface area contributed by atoms with Crippen LogP contribution in [0.15, 0.2) is 16.7 Å². The van der Waals surface area contributed by atoms with Gasteiger partial charge in [0.05, 0.1) is 18.1 Å². The summed E-state index contributed by atoms with van der Waals surface area (Å²) >= 11 is 2.50. The third-order valence-corrected chi connectivity index (χ3v) is 4.76. The summed E-state index contributed by atoms with van der Waals surface area (Å²) in [5, 5.41) is 5.54. The minimum absolute atomic E-state index is 0.0242. The van der Waals surface area contributed by atoms with Crippen molar-refractivity contribution in [2.24, 2.45) is 0 Å². The number of nitrogens with two attached hydrogens (primary N) is 1. The van der Waals surface area contributed by atoms with E-state index in [0.717, 1.165) is 17.5 Å². The lowest BCUT2D eigenvalue weighted by Gasteiger charge is -2.14. The topological polar surface area (TPSA) is 120 Å². The number of hydrogen-bond donors (Lipinski definition) is 2. The Morgan fingerprint density at radius 1 is 1.35 bits per heavy atom. The molecule has 8 nitrogen and oxygen atoms in total. The summed E-state index contributed by atoms with van der Waals surface area (Å²) in [6.45, 7) is 8.12. The van der Waals surface area contributed by atoms with Crippen LogP contribution in [0.4, 0.5) is 10.9 Å². The van der Waals surface area contributed by atoms with Crippen molar-refractivity contribution >= 4 is 45.9 Å². The molecule has 0 spiro atoms. The van der Waals surface area contributed by atoms with Crippen LogP contribution in [0.3, 0.4) is 0 Å². The van der Waals surface area contributed by atoms with Gasteiger partial charge in [-0.15, -0.1) is 11.3 Å². The van der Waals surface area contributed by atoms with E-state index in [1.54, 1.807) is 6.92 Å². The van der Waals surface area contributed by atoms with Crippen LogP contribution in [0, 0.1) is 0 Å². The molecule has 0 aliphatic carbocycles. The SMILES string of the molecule is CCOC(=O)c1cnc(SCC(=O)Nc2nc(C(C)(C)C)cs2)nc1N. The number of nitrogen functional groups attached to an aromatic ring is 1. The van der Waals surface area contributed by atoms with Crippen molar-refractivity contribution in [1.82, 2.24) is 15.0 Å². The van der Waals surface area contributed by atoms with Gasteiger partial charge >= 0.3 is 5.97 Å². The maximum Gasteiger partial charge on any atom is 0.343 e. The maximum absolute atomic E-state index is 12.1. The lowest BCUT2D eigenvalue weighted by Crippen LogP contribution is -2.16. The molecule has 0 radical (unpaired) electrons. The number of thioether (sulfide) groups is 1. The first-order valence-electron chi connectivity index (χ1n) is 7.89. The number of anilines is 2. The summed E-state index contributed by atoms with van der Waals surface area (Å²) < 4.78 is 4.86. The van der Waals surface area contributed by atoms with Gasteiger partial charge in [-0.25, -0.2) is 19.7 Å². The molecule has 0 saturated heterocycles. The van der Waals surface area contributed by atoms with E-state index in [4.69, 9.17) is 10.5 Å². The van der Waals surface area contributed by atoms with Crippen LogP contribution in [0.2, 0.25) is 0 Å². The fraction of sp³-hybridized carbons (Fsp3) is 0.438. The number of aromatic nitrogens is 3. The van der Waals surface area contributed by atoms with Crippen molar-refractivity contribution in [2.45, 2.75) is 38.3 Å². The third kappa shape index (κ3) is 5.40. The summed E-state index contributed by atoms with van der Waals surface area (Å²) in [5.74, 6) is -0.668. The zero-order valence-electron chi connectivity index (χ0n) is 15.0. The summed E-state index contributed by atoms with van der Waals surface area (Å²) in [6, 6.07) is 0. The predicted molar refractivity (Wildman–Crippen MR) is 103 cm³/mol. The molecule has 140 valence electrons.